The Morgan fingerprint density at radius 1 is 0.389 bits per heavy atom. The van der Waals surface area contributed by atoms with Gasteiger partial charge in [-0.15, -0.1) is 0 Å². The Balaban J connectivity index is 1.53. The van der Waals surface area contributed by atoms with Gasteiger partial charge in [0.1, 0.15) is 48.8 Å². The Bertz CT molecular complexity index is 1600. The fourth-order valence-electron chi connectivity index (χ4n) is 13.0. The third-order valence-corrected chi connectivity index (χ3v) is 19.1. The number of hydrogen-bond acceptors (Lipinski definition) is 13. The number of amides is 1. The average Bonchev–Trinajstić information content (AvgIpc) is 2.33. The van der Waals surface area contributed by atoms with Crippen LogP contribution in [0.3, 0.4) is 0 Å². The molecular formula is C76H145NO13. The summed E-state index contributed by atoms with van der Waals surface area (Å²) in [5.41, 5.74) is 0. The fraction of sp³-hybridized carbons (Fsp3) is 0.934. The van der Waals surface area contributed by atoms with Crippen LogP contribution in [-0.2, 0) is 23.7 Å². The molecule has 0 bridgehead atoms. The molecule has 2 aliphatic rings. The van der Waals surface area contributed by atoms with Crippen LogP contribution in [0.2, 0.25) is 0 Å². The fourth-order valence-corrected chi connectivity index (χ4v) is 13.0. The standard InChI is InChI=1S/C76H145NO13/c1-3-5-7-9-11-13-15-17-19-20-21-22-23-24-25-26-27-28-29-30-31-32-33-34-35-36-37-38-39-40-41-42-43-44-46-48-50-52-54-56-58-60-68(81)77-64(65(80)59-57-55-53-51-49-47-45-18-16-14-12-10-8-6-4-2)63-87-75-73(86)71(84)74(67(62-79)89-75)90-76-72(85)70(83)69(82)66(61-78)88-76/h49,51,57,59,64-67,69-76,78-80,82-86H,3-48,50,52-56,58,60-63H2,1-2H3,(H,77,81)/b51-49+,59-57+. The molecular weight excluding hydrogens is 1130 g/mol. The van der Waals surface area contributed by atoms with E-state index in [4.69, 9.17) is 18.9 Å². The summed E-state index contributed by atoms with van der Waals surface area (Å²) < 4.78 is 22.8. The predicted molar refractivity (Wildman–Crippen MR) is 369 cm³/mol. The topological polar surface area (TPSA) is 228 Å². The molecule has 0 aromatic carbocycles. The van der Waals surface area contributed by atoms with Gasteiger partial charge in [-0.2, -0.15) is 0 Å². The van der Waals surface area contributed by atoms with Crippen LogP contribution in [0.1, 0.15) is 361 Å². The summed E-state index contributed by atoms with van der Waals surface area (Å²) in [6.07, 6.45) is 61.6. The van der Waals surface area contributed by atoms with Crippen molar-refractivity contribution in [1.82, 2.24) is 5.32 Å². The van der Waals surface area contributed by atoms with Gasteiger partial charge < -0.3 is 65.1 Å². The number of ether oxygens (including phenoxy) is 4. The zero-order valence-corrected chi connectivity index (χ0v) is 58.2. The number of allylic oxidation sites excluding steroid dienone is 3. The molecule has 2 rings (SSSR count). The maximum atomic E-state index is 13.3. The predicted octanol–water partition coefficient (Wildman–Crippen LogP) is 16.7. The summed E-state index contributed by atoms with van der Waals surface area (Å²) in [6.45, 7) is 2.82. The van der Waals surface area contributed by atoms with Gasteiger partial charge >= 0.3 is 0 Å². The third-order valence-electron chi connectivity index (χ3n) is 19.1. The Morgan fingerprint density at radius 3 is 1.09 bits per heavy atom. The molecule has 0 aromatic heterocycles. The molecule has 0 aromatic rings. The maximum Gasteiger partial charge on any atom is 0.220 e. The Labute approximate surface area is 551 Å². The van der Waals surface area contributed by atoms with Crippen LogP contribution >= 0.6 is 0 Å². The SMILES string of the molecule is CCCCCCCCCCC/C=C/CC/C=C/C(O)C(COC1OC(CO)C(OC2OC(CO)C(O)C(O)C2O)C(O)C1O)NC(=O)CCCCCCCCCCCCCCCCCCCCCCCCCCCCCCCCCCCCCCCCCCC. The van der Waals surface area contributed by atoms with Crippen LogP contribution in [0.4, 0.5) is 0 Å². The van der Waals surface area contributed by atoms with Crippen LogP contribution in [0.25, 0.3) is 0 Å². The first kappa shape index (κ1) is 84.6. The minimum Gasteiger partial charge on any atom is -0.394 e. The van der Waals surface area contributed by atoms with Crippen LogP contribution in [0, 0.1) is 0 Å². The first-order valence-corrected chi connectivity index (χ1v) is 38.6. The molecule has 14 heteroatoms. The summed E-state index contributed by atoms with van der Waals surface area (Å²) in [4.78, 5) is 13.3. The van der Waals surface area contributed by atoms with Crippen LogP contribution in [0.5, 0.6) is 0 Å². The number of aliphatic hydroxyl groups excluding tert-OH is 8. The van der Waals surface area contributed by atoms with E-state index in [-0.39, 0.29) is 18.9 Å². The highest BCUT2D eigenvalue weighted by Gasteiger charge is 2.51. The molecule has 12 unspecified atom stereocenters. The van der Waals surface area contributed by atoms with E-state index in [2.05, 4.69) is 31.3 Å². The molecule has 2 heterocycles. The number of carbonyl (C=O) groups is 1. The lowest BCUT2D eigenvalue weighted by atomic mass is 9.97. The molecule has 2 saturated heterocycles. The van der Waals surface area contributed by atoms with Gasteiger partial charge in [0.2, 0.25) is 5.91 Å². The highest BCUT2D eigenvalue weighted by atomic mass is 16.7. The molecule has 0 spiro atoms. The first-order chi connectivity index (χ1) is 44.1. The lowest BCUT2D eigenvalue weighted by molar-refractivity contribution is -0.359. The van der Waals surface area contributed by atoms with E-state index in [1.54, 1.807) is 6.08 Å². The quantitative estimate of drug-likeness (QED) is 0.0204. The van der Waals surface area contributed by atoms with E-state index >= 15 is 0 Å². The van der Waals surface area contributed by atoms with Gasteiger partial charge in [-0.25, -0.2) is 0 Å². The molecule has 2 fully saturated rings. The minimum absolute atomic E-state index is 0.242. The Morgan fingerprint density at radius 2 is 0.711 bits per heavy atom. The number of unbranched alkanes of at least 4 members (excludes halogenated alkanes) is 50. The van der Waals surface area contributed by atoms with Gasteiger partial charge in [0.25, 0.3) is 0 Å². The zero-order valence-electron chi connectivity index (χ0n) is 58.2. The molecule has 0 saturated carbocycles. The largest absolute Gasteiger partial charge is 0.394 e. The van der Waals surface area contributed by atoms with Crippen molar-refractivity contribution in [3.63, 3.8) is 0 Å². The van der Waals surface area contributed by atoms with Gasteiger partial charge in [0.05, 0.1) is 32.0 Å². The monoisotopic (exact) mass is 1280 g/mol. The first-order valence-electron chi connectivity index (χ1n) is 38.6. The molecule has 90 heavy (non-hydrogen) atoms. The van der Waals surface area contributed by atoms with Gasteiger partial charge in [0, 0.05) is 6.42 Å². The molecule has 9 N–H and O–H groups in total. The van der Waals surface area contributed by atoms with Crippen molar-refractivity contribution in [2.75, 3.05) is 19.8 Å². The maximum absolute atomic E-state index is 13.3. The lowest BCUT2D eigenvalue weighted by Crippen LogP contribution is -2.65. The summed E-state index contributed by atoms with van der Waals surface area (Å²) in [5.74, 6) is -0.242. The van der Waals surface area contributed by atoms with Gasteiger partial charge in [0.15, 0.2) is 12.6 Å². The average molecular weight is 1280 g/mol. The van der Waals surface area contributed by atoms with E-state index in [1.165, 1.54) is 295 Å². The van der Waals surface area contributed by atoms with E-state index in [0.717, 1.165) is 32.1 Å². The molecule has 1 amide bonds. The number of nitrogens with one attached hydrogen (secondary N) is 1. The molecule has 14 nitrogen and oxygen atoms in total. The molecule has 0 radical (unpaired) electrons. The highest BCUT2D eigenvalue weighted by Crippen LogP contribution is 2.30. The van der Waals surface area contributed by atoms with Crippen molar-refractivity contribution >= 4 is 5.91 Å². The van der Waals surface area contributed by atoms with E-state index in [9.17, 15) is 45.6 Å². The van der Waals surface area contributed by atoms with Crippen molar-refractivity contribution in [2.45, 2.75) is 434 Å². The van der Waals surface area contributed by atoms with Crippen molar-refractivity contribution in [1.29, 1.82) is 0 Å². The Kier molecular flexibility index (Phi) is 57.4. The van der Waals surface area contributed by atoms with E-state index in [1.807, 2.05) is 6.08 Å². The minimum atomic E-state index is -1.79. The molecule has 0 aliphatic carbocycles. The number of aliphatic hydroxyl groups is 8. The number of rotatable bonds is 65. The van der Waals surface area contributed by atoms with Crippen molar-refractivity contribution < 1.29 is 64.6 Å². The zero-order chi connectivity index (χ0) is 65.2. The van der Waals surface area contributed by atoms with Crippen LogP contribution in [0.15, 0.2) is 24.3 Å². The van der Waals surface area contributed by atoms with Crippen LogP contribution in [-0.4, -0.2) is 140 Å². The normalized spacial score (nSPS) is 23.0. The highest BCUT2D eigenvalue weighted by molar-refractivity contribution is 5.76. The number of hydrogen-bond donors (Lipinski definition) is 9. The van der Waals surface area contributed by atoms with Gasteiger partial charge in [-0.05, 0) is 32.1 Å². The van der Waals surface area contributed by atoms with Crippen molar-refractivity contribution in [3.8, 4) is 0 Å². The van der Waals surface area contributed by atoms with Gasteiger partial charge in [-0.3, -0.25) is 4.79 Å². The smallest absolute Gasteiger partial charge is 0.220 e. The van der Waals surface area contributed by atoms with Crippen LogP contribution < -0.4 is 5.32 Å². The third kappa shape index (κ3) is 44.3. The van der Waals surface area contributed by atoms with Gasteiger partial charge in [-0.1, -0.05) is 346 Å². The summed E-state index contributed by atoms with van der Waals surface area (Å²) in [7, 11) is 0. The van der Waals surface area contributed by atoms with E-state index < -0.39 is 86.8 Å². The second-order valence-corrected chi connectivity index (χ2v) is 27.5. The van der Waals surface area contributed by atoms with Crippen molar-refractivity contribution in [3.05, 3.63) is 24.3 Å². The van der Waals surface area contributed by atoms with E-state index in [0.29, 0.717) is 12.8 Å². The number of carbonyl (C=O) groups excluding carboxylic acids is 1. The summed E-state index contributed by atoms with van der Waals surface area (Å²) >= 11 is 0. The molecule has 2 aliphatic heterocycles. The Hall–Kier alpha value is -1.53. The lowest BCUT2D eigenvalue weighted by Gasteiger charge is -2.46. The molecule has 532 valence electrons. The second-order valence-electron chi connectivity index (χ2n) is 27.5. The molecule has 12 atom stereocenters. The van der Waals surface area contributed by atoms with Crippen molar-refractivity contribution in [2.24, 2.45) is 0 Å². The second kappa shape index (κ2) is 61.1. The summed E-state index contributed by atoms with van der Waals surface area (Å²) in [6, 6.07) is -0.929. The summed E-state index contributed by atoms with van der Waals surface area (Å²) in [5, 5.41) is 87.3.